The smallest absolute Gasteiger partial charge is 0.285 e. The molecule has 146 valence electrons. The van der Waals surface area contributed by atoms with E-state index in [1.807, 2.05) is 54.6 Å². The van der Waals surface area contributed by atoms with Gasteiger partial charge in [0.15, 0.2) is 0 Å². The van der Waals surface area contributed by atoms with E-state index in [9.17, 15) is 10.1 Å². The molecular weight excluding hydrogens is 396 g/mol. The molecule has 0 spiro atoms. The summed E-state index contributed by atoms with van der Waals surface area (Å²) in [6.07, 6.45) is 4.15. The van der Waals surface area contributed by atoms with Gasteiger partial charge in [-0.2, -0.15) is 0 Å². The number of hydrogen-bond donors (Lipinski definition) is 1. The predicted octanol–water partition coefficient (Wildman–Crippen LogP) is 5.76. The van der Waals surface area contributed by atoms with E-state index >= 15 is 0 Å². The number of pyridine rings is 1. The first-order valence-corrected chi connectivity index (χ1v) is 10.2. The molecule has 0 saturated carbocycles. The van der Waals surface area contributed by atoms with Crippen molar-refractivity contribution in [2.75, 3.05) is 0 Å². The third kappa shape index (κ3) is 3.40. The van der Waals surface area contributed by atoms with Crippen LogP contribution in [-0.2, 0) is 6.42 Å². The van der Waals surface area contributed by atoms with Crippen molar-refractivity contribution in [3.63, 3.8) is 0 Å². The minimum absolute atomic E-state index is 0.0521. The highest BCUT2D eigenvalue weighted by Crippen LogP contribution is 2.41. The summed E-state index contributed by atoms with van der Waals surface area (Å²) in [5.74, 6) is 0.778. The van der Waals surface area contributed by atoms with Crippen molar-refractivity contribution in [1.29, 1.82) is 0 Å². The van der Waals surface area contributed by atoms with Gasteiger partial charge in [0.2, 0.25) is 0 Å². The first-order valence-electron chi connectivity index (χ1n) is 9.39. The van der Waals surface area contributed by atoms with Crippen molar-refractivity contribution < 1.29 is 4.92 Å². The second kappa shape index (κ2) is 7.61. The number of nitro groups is 1. The van der Waals surface area contributed by atoms with Gasteiger partial charge >= 0.3 is 0 Å². The van der Waals surface area contributed by atoms with Crippen molar-refractivity contribution in [2.45, 2.75) is 16.2 Å². The van der Waals surface area contributed by atoms with Crippen LogP contribution in [0.15, 0.2) is 88.9 Å². The summed E-state index contributed by atoms with van der Waals surface area (Å²) in [5, 5.41) is 13.8. The summed E-state index contributed by atoms with van der Waals surface area (Å²) in [6.45, 7) is 0. The fourth-order valence-electron chi connectivity index (χ4n) is 3.50. The monoisotopic (exact) mass is 412 g/mol. The first-order chi connectivity index (χ1) is 14.7. The second-order valence-electron chi connectivity index (χ2n) is 6.87. The fraction of sp³-hybridized carbons (Fsp3) is 0.0435. The lowest BCUT2D eigenvalue weighted by Gasteiger charge is -2.07. The molecule has 0 aliphatic rings. The lowest BCUT2D eigenvalue weighted by molar-refractivity contribution is -0.387. The molecule has 5 rings (SSSR count). The molecule has 0 aliphatic carbocycles. The minimum Gasteiger partial charge on any atom is -0.342 e. The Morgan fingerprint density at radius 1 is 1.00 bits per heavy atom. The molecule has 0 radical (unpaired) electrons. The number of H-pyrrole nitrogens is 1. The number of aromatic nitrogens is 3. The molecule has 0 saturated heterocycles. The van der Waals surface area contributed by atoms with E-state index in [0.29, 0.717) is 16.8 Å². The Bertz CT molecular complexity index is 1380. The average Bonchev–Trinajstić information content (AvgIpc) is 3.17. The highest BCUT2D eigenvalue weighted by Gasteiger charge is 2.21. The first kappa shape index (κ1) is 18.3. The lowest BCUT2D eigenvalue weighted by atomic mass is 10.1. The standard InChI is InChI=1S/C23H16N4O2S/c28-27(29)19-10-9-18-22(26-21(25-18)13-15-5-2-1-3-6-15)23(19)30-20-8-4-7-16-14-24-12-11-17(16)20/h1-12,14H,13H2,(H,25,26). The maximum atomic E-state index is 11.8. The van der Waals surface area contributed by atoms with Gasteiger partial charge in [-0.15, -0.1) is 0 Å². The number of benzene rings is 3. The fourth-order valence-corrected chi connectivity index (χ4v) is 4.66. The summed E-state index contributed by atoms with van der Waals surface area (Å²) in [7, 11) is 0. The normalized spacial score (nSPS) is 11.2. The number of nitrogens with zero attached hydrogens (tertiary/aromatic N) is 3. The number of imidazole rings is 1. The number of nitrogens with one attached hydrogen (secondary N) is 1. The molecule has 6 nitrogen and oxygen atoms in total. The molecule has 0 atom stereocenters. The van der Waals surface area contributed by atoms with Crippen LogP contribution >= 0.6 is 11.8 Å². The second-order valence-corrected chi connectivity index (χ2v) is 7.92. The number of nitro benzene ring substituents is 1. The van der Waals surface area contributed by atoms with E-state index in [-0.39, 0.29) is 10.6 Å². The molecule has 0 unspecified atom stereocenters. The molecule has 2 heterocycles. The quantitative estimate of drug-likeness (QED) is 0.293. The number of aromatic amines is 1. The van der Waals surface area contributed by atoms with Gasteiger partial charge in [0.05, 0.1) is 10.4 Å². The van der Waals surface area contributed by atoms with Gasteiger partial charge < -0.3 is 4.98 Å². The van der Waals surface area contributed by atoms with E-state index in [1.165, 1.54) is 11.8 Å². The molecule has 30 heavy (non-hydrogen) atoms. The highest BCUT2D eigenvalue weighted by molar-refractivity contribution is 8.00. The third-order valence-electron chi connectivity index (χ3n) is 4.90. The zero-order valence-corrected chi connectivity index (χ0v) is 16.6. The van der Waals surface area contributed by atoms with Crippen LogP contribution in [0.4, 0.5) is 5.69 Å². The third-order valence-corrected chi connectivity index (χ3v) is 6.08. The van der Waals surface area contributed by atoms with Crippen LogP contribution in [0.3, 0.4) is 0 Å². The molecule has 2 aromatic heterocycles. The number of fused-ring (bicyclic) bond motifs is 2. The SMILES string of the molecule is O=[N+]([O-])c1ccc2[nH]c(Cc3ccccc3)nc2c1Sc1cccc2cnccc12. The van der Waals surface area contributed by atoms with E-state index < -0.39 is 0 Å². The van der Waals surface area contributed by atoms with Crippen LogP contribution in [0.2, 0.25) is 0 Å². The number of hydrogen-bond acceptors (Lipinski definition) is 5. The maximum Gasteiger partial charge on any atom is 0.285 e. The van der Waals surface area contributed by atoms with E-state index in [1.54, 1.807) is 24.5 Å². The van der Waals surface area contributed by atoms with Gasteiger partial charge in [-0.05, 0) is 29.1 Å². The van der Waals surface area contributed by atoms with E-state index in [4.69, 9.17) is 4.98 Å². The Kier molecular flexibility index (Phi) is 4.65. The molecule has 0 fully saturated rings. The van der Waals surface area contributed by atoms with E-state index in [0.717, 1.165) is 32.6 Å². The average molecular weight is 412 g/mol. The Labute approximate surface area is 176 Å². The molecule has 0 aliphatic heterocycles. The lowest BCUT2D eigenvalue weighted by Crippen LogP contribution is -1.92. The van der Waals surface area contributed by atoms with Crippen molar-refractivity contribution in [3.8, 4) is 0 Å². The summed E-state index contributed by atoms with van der Waals surface area (Å²) in [4.78, 5) is 25.1. The van der Waals surface area contributed by atoms with Crippen LogP contribution in [0.1, 0.15) is 11.4 Å². The summed E-state index contributed by atoms with van der Waals surface area (Å²) < 4.78 is 0. The Morgan fingerprint density at radius 2 is 1.87 bits per heavy atom. The Balaban J connectivity index is 1.63. The van der Waals surface area contributed by atoms with Crippen LogP contribution in [-0.4, -0.2) is 19.9 Å². The summed E-state index contributed by atoms with van der Waals surface area (Å²) in [6, 6.07) is 21.1. The summed E-state index contributed by atoms with van der Waals surface area (Å²) in [5.41, 5.74) is 2.58. The van der Waals surface area contributed by atoms with Crippen molar-refractivity contribution in [1.82, 2.24) is 15.0 Å². The van der Waals surface area contributed by atoms with Crippen molar-refractivity contribution >= 4 is 39.3 Å². The van der Waals surface area contributed by atoms with Crippen LogP contribution in [0.5, 0.6) is 0 Å². The maximum absolute atomic E-state index is 11.8. The molecule has 3 aromatic carbocycles. The van der Waals surface area contributed by atoms with Crippen LogP contribution in [0, 0.1) is 10.1 Å². The Morgan fingerprint density at radius 3 is 2.70 bits per heavy atom. The number of rotatable bonds is 5. The van der Waals surface area contributed by atoms with Gasteiger partial charge in [0, 0.05) is 35.2 Å². The topological polar surface area (TPSA) is 84.7 Å². The predicted molar refractivity (Wildman–Crippen MR) is 118 cm³/mol. The van der Waals surface area contributed by atoms with Crippen LogP contribution in [0.25, 0.3) is 21.8 Å². The Hall–Kier alpha value is -3.71. The zero-order chi connectivity index (χ0) is 20.5. The van der Waals surface area contributed by atoms with Gasteiger partial charge in [-0.1, -0.05) is 54.2 Å². The molecular formula is C23H16N4O2S. The van der Waals surface area contributed by atoms with Crippen molar-refractivity contribution in [2.24, 2.45) is 0 Å². The van der Waals surface area contributed by atoms with Gasteiger partial charge in [0.25, 0.3) is 5.69 Å². The van der Waals surface area contributed by atoms with Gasteiger partial charge in [-0.3, -0.25) is 15.1 Å². The van der Waals surface area contributed by atoms with Gasteiger partial charge in [-0.25, -0.2) is 4.98 Å². The van der Waals surface area contributed by atoms with Crippen LogP contribution < -0.4 is 0 Å². The summed E-state index contributed by atoms with van der Waals surface area (Å²) >= 11 is 1.37. The molecule has 1 N–H and O–H groups in total. The van der Waals surface area contributed by atoms with Crippen molar-refractivity contribution in [3.05, 3.63) is 101 Å². The largest absolute Gasteiger partial charge is 0.342 e. The molecule has 7 heteroatoms. The highest BCUT2D eigenvalue weighted by atomic mass is 32.2. The molecule has 0 amide bonds. The van der Waals surface area contributed by atoms with E-state index in [2.05, 4.69) is 9.97 Å². The minimum atomic E-state index is -0.347. The molecule has 0 bridgehead atoms. The van der Waals surface area contributed by atoms with Gasteiger partial charge in [0.1, 0.15) is 16.2 Å². The zero-order valence-electron chi connectivity index (χ0n) is 15.8. The molecule has 5 aromatic rings.